The molecule has 1 fully saturated rings. The molecule has 206 valence electrons. The number of carbonyl (C=O) groups excluding carboxylic acids is 1. The summed E-state index contributed by atoms with van der Waals surface area (Å²) < 4.78 is 16.6. The van der Waals surface area contributed by atoms with Crippen LogP contribution in [0.4, 0.5) is 9.18 Å². The maximum Gasteiger partial charge on any atom is 0.404 e. The molecule has 2 N–H and O–H groups in total. The third-order valence-corrected chi connectivity index (χ3v) is 7.24. The Balaban J connectivity index is 1.55. The summed E-state index contributed by atoms with van der Waals surface area (Å²) in [5, 5.41) is 11.4. The molecule has 5 rings (SSSR count). The quantitative estimate of drug-likeness (QED) is 0.380. The third kappa shape index (κ3) is 5.35. The summed E-state index contributed by atoms with van der Waals surface area (Å²) in [5.41, 5.74) is 0.264. The van der Waals surface area contributed by atoms with Gasteiger partial charge in [0, 0.05) is 31.2 Å². The van der Waals surface area contributed by atoms with Crippen LogP contribution in [0.3, 0.4) is 0 Å². The number of hydrogen-bond acceptors (Lipinski definition) is 5. The van der Waals surface area contributed by atoms with E-state index >= 15 is 0 Å². The Kier molecular flexibility index (Phi) is 7.45. The number of pyridine rings is 1. The Labute approximate surface area is 228 Å². The topological polar surface area (TPSA) is 127 Å². The van der Waals surface area contributed by atoms with Crippen LogP contribution in [0.25, 0.3) is 16.7 Å². The van der Waals surface area contributed by atoms with E-state index in [1.807, 2.05) is 30.3 Å². The van der Waals surface area contributed by atoms with Crippen molar-refractivity contribution < 1.29 is 19.1 Å². The van der Waals surface area contributed by atoms with Gasteiger partial charge in [0.2, 0.25) is 0 Å². The van der Waals surface area contributed by atoms with E-state index in [-0.39, 0.29) is 23.0 Å². The molecule has 2 aromatic heterocycles. The van der Waals surface area contributed by atoms with Crippen molar-refractivity contribution in [3.63, 3.8) is 0 Å². The fraction of sp³-hybridized carbons (Fsp3) is 0.276. The Morgan fingerprint density at radius 3 is 2.48 bits per heavy atom. The lowest BCUT2D eigenvalue weighted by molar-refractivity contribution is 0.0785. The predicted octanol–water partition coefficient (Wildman–Crippen LogP) is 3.71. The van der Waals surface area contributed by atoms with E-state index in [2.05, 4.69) is 10.3 Å². The lowest BCUT2D eigenvalue weighted by Gasteiger charge is -2.29. The number of aromatic nitrogens is 3. The van der Waals surface area contributed by atoms with Gasteiger partial charge in [0.25, 0.3) is 11.5 Å². The van der Waals surface area contributed by atoms with Gasteiger partial charge >= 0.3 is 11.8 Å². The number of halogens is 1. The molecule has 40 heavy (non-hydrogen) atoms. The molecular weight excluding hydrogens is 517 g/mol. The highest BCUT2D eigenvalue weighted by atomic mass is 19.1. The highest BCUT2D eigenvalue weighted by molar-refractivity contribution is 5.94. The molecule has 0 radical (unpaired) electrons. The molecule has 11 heteroatoms. The summed E-state index contributed by atoms with van der Waals surface area (Å²) >= 11 is 0. The van der Waals surface area contributed by atoms with Crippen LogP contribution in [0.2, 0.25) is 0 Å². The van der Waals surface area contributed by atoms with Crippen molar-refractivity contribution in [1.29, 1.82) is 0 Å². The van der Waals surface area contributed by atoms with Crippen molar-refractivity contribution in [3.8, 4) is 5.69 Å². The van der Waals surface area contributed by atoms with Gasteiger partial charge in [0.05, 0.1) is 17.3 Å². The van der Waals surface area contributed by atoms with Crippen LogP contribution in [0, 0.1) is 5.82 Å². The highest BCUT2D eigenvalue weighted by Crippen LogP contribution is 2.27. The summed E-state index contributed by atoms with van der Waals surface area (Å²) in [4.78, 5) is 57.3. The standard InChI is InChI=1S/C29H28FN5O5/c1-33(17-18-6-3-2-4-7-18)26(36)19-8-5-9-23(14-19)34-25-24(15-20(30)16-31-25)27(37)35(29(34)40)22-12-10-21(11-13-22)32-28(38)39/h2-9,14-16,21-22,32H,10-13,17H2,1H3,(H,38,39). The monoisotopic (exact) mass is 545 g/mol. The molecule has 0 bridgehead atoms. The number of nitrogens with one attached hydrogen (secondary N) is 1. The molecule has 1 aliphatic rings. The van der Waals surface area contributed by atoms with Crippen molar-refractivity contribution in [2.45, 2.75) is 44.3 Å². The first kappa shape index (κ1) is 26.8. The first-order chi connectivity index (χ1) is 19.2. The molecule has 2 amide bonds. The minimum Gasteiger partial charge on any atom is -0.465 e. The first-order valence-electron chi connectivity index (χ1n) is 12.9. The number of nitrogens with zero attached hydrogens (tertiary/aromatic N) is 4. The second kappa shape index (κ2) is 11.1. The number of rotatable bonds is 6. The van der Waals surface area contributed by atoms with Crippen LogP contribution in [0.5, 0.6) is 0 Å². The molecule has 10 nitrogen and oxygen atoms in total. The van der Waals surface area contributed by atoms with E-state index in [1.54, 1.807) is 36.2 Å². The zero-order valence-electron chi connectivity index (χ0n) is 21.8. The van der Waals surface area contributed by atoms with Gasteiger partial charge in [0.15, 0.2) is 5.65 Å². The van der Waals surface area contributed by atoms with Gasteiger partial charge in [-0.3, -0.25) is 14.2 Å². The van der Waals surface area contributed by atoms with Gasteiger partial charge in [-0.2, -0.15) is 0 Å². The van der Waals surface area contributed by atoms with E-state index < -0.39 is 29.2 Å². The number of fused-ring (bicyclic) bond motifs is 1. The molecule has 0 saturated heterocycles. The number of benzene rings is 2. The number of hydrogen-bond donors (Lipinski definition) is 2. The highest BCUT2D eigenvalue weighted by Gasteiger charge is 2.28. The second-order valence-electron chi connectivity index (χ2n) is 9.97. The Bertz CT molecular complexity index is 1690. The Morgan fingerprint density at radius 1 is 1.05 bits per heavy atom. The molecule has 0 spiro atoms. The van der Waals surface area contributed by atoms with Crippen LogP contribution in [0.1, 0.15) is 47.6 Å². The van der Waals surface area contributed by atoms with Gasteiger partial charge in [-0.25, -0.2) is 23.5 Å². The van der Waals surface area contributed by atoms with E-state index in [1.165, 1.54) is 4.57 Å². The fourth-order valence-corrected chi connectivity index (χ4v) is 5.32. The van der Waals surface area contributed by atoms with E-state index in [9.17, 15) is 23.6 Å². The van der Waals surface area contributed by atoms with E-state index in [0.717, 1.165) is 22.4 Å². The molecule has 0 unspecified atom stereocenters. The molecular formula is C29H28FN5O5. The smallest absolute Gasteiger partial charge is 0.404 e. The van der Waals surface area contributed by atoms with Crippen molar-refractivity contribution in [3.05, 3.63) is 105 Å². The minimum absolute atomic E-state index is 0.0175. The van der Waals surface area contributed by atoms with Gasteiger partial charge < -0.3 is 15.3 Å². The molecule has 0 atom stereocenters. The molecule has 2 heterocycles. The Morgan fingerprint density at radius 2 is 1.77 bits per heavy atom. The lowest BCUT2D eigenvalue weighted by Crippen LogP contribution is -2.45. The molecule has 4 aromatic rings. The van der Waals surface area contributed by atoms with Gasteiger partial charge in [-0.15, -0.1) is 0 Å². The van der Waals surface area contributed by atoms with Crippen molar-refractivity contribution in [2.75, 3.05) is 7.05 Å². The van der Waals surface area contributed by atoms with Crippen molar-refractivity contribution >= 4 is 23.0 Å². The minimum atomic E-state index is -1.13. The maximum absolute atomic E-state index is 14.2. The van der Waals surface area contributed by atoms with E-state index in [4.69, 9.17) is 5.11 Å². The fourth-order valence-electron chi connectivity index (χ4n) is 5.32. The predicted molar refractivity (Wildman–Crippen MR) is 146 cm³/mol. The van der Waals surface area contributed by atoms with Gasteiger partial charge in [-0.05, 0) is 55.5 Å². The van der Waals surface area contributed by atoms with E-state index in [0.29, 0.717) is 43.5 Å². The number of carboxylic acid groups (broad SMARTS) is 1. The van der Waals surface area contributed by atoms with Gasteiger partial charge in [0.1, 0.15) is 5.82 Å². The normalized spacial score (nSPS) is 16.9. The lowest BCUT2D eigenvalue weighted by atomic mass is 9.91. The van der Waals surface area contributed by atoms with Crippen molar-refractivity contribution in [2.24, 2.45) is 0 Å². The summed E-state index contributed by atoms with van der Waals surface area (Å²) in [5.74, 6) is -0.984. The van der Waals surface area contributed by atoms with Crippen molar-refractivity contribution in [1.82, 2.24) is 24.3 Å². The van der Waals surface area contributed by atoms with Crippen LogP contribution in [-0.2, 0) is 6.54 Å². The average Bonchev–Trinajstić information content (AvgIpc) is 2.94. The van der Waals surface area contributed by atoms with Crippen LogP contribution in [-0.4, -0.2) is 49.2 Å². The van der Waals surface area contributed by atoms with Crippen LogP contribution < -0.4 is 16.6 Å². The summed E-state index contributed by atoms with van der Waals surface area (Å²) in [7, 11) is 1.68. The first-order valence-corrected chi connectivity index (χ1v) is 12.9. The molecule has 0 aliphatic heterocycles. The molecule has 1 aliphatic carbocycles. The summed E-state index contributed by atoms with van der Waals surface area (Å²) in [6.07, 6.45) is 1.47. The number of carbonyl (C=O) groups is 2. The average molecular weight is 546 g/mol. The largest absolute Gasteiger partial charge is 0.465 e. The SMILES string of the molecule is CN(Cc1ccccc1)C(=O)c1cccc(-n2c(=O)n(C3CCC(NC(=O)O)CC3)c(=O)c3cc(F)cnc32)c1. The number of amides is 2. The molecule has 2 aromatic carbocycles. The van der Waals surface area contributed by atoms with Crippen LogP contribution in [0.15, 0.2) is 76.4 Å². The summed E-state index contributed by atoms with van der Waals surface area (Å²) in [6.45, 7) is 0.387. The van der Waals surface area contributed by atoms with Crippen LogP contribution >= 0.6 is 0 Å². The maximum atomic E-state index is 14.2. The second-order valence-corrected chi connectivity index (χ2v) is 9.97. The zero-order valence-corrected chi connectivity index (χ0v) is 21.8. The summed E-state index contributed by atoms with van der Waals surface area (Å²) in [6, 6.07) is 16.3. The third-order valence-electron chi connectivity index (χ3n) is 7.24. The van der Waals surface area contributed by atoms with Gasteiger partial charge in [-0.1, -0.05) is 36.4 Å². The Hall–Kier alpha value is -4.80. The zero-order chi connectivity index (χ0) is 28.4. The molecule has 1 saturated carbocycles.